The third-order valence-corrected chi connectivity index (χ3v) is 3.10. The van der Waals surface area contributed by atoms with Gasteiger partial charge in [0.1, 0.15) is 0 Å². The van der Waals surface area contributed by atoms with Crippen LogP contribution in [-0.4, -0.2) is 29.1 Å². The number of aliphatic imine (C=N–C) groups is 1. The number of rotatable bonds is 4. The van der Waals surface area contributed by atoms with Crippen LogP contribution in [0.15, 0.2) is 36.2 Å². The van der Waals surface area contributed by atoms with E-state index in [2.05, 4.69) is 39.4 Å². The van der Waals surface area contributed by atoms with Crippen molar-refractivity contribution in [2.24, 2.45) is 4.99 Å². The zero-order valence-corrected chi connectivity index (χ0v) is 12.9. The molecular formula is C16H26N4. The summed E-state index contributed by atoms with van der Waals surface area (Å²) in [5, 5.41) is 7.79. The molecular weight excluding hydrogens is 248 g/mol. The van der Waals surface area contributed by atoms with E-state index in [1.54, 1.807) is 6.21 Å². The van der Waals surface area contributed by atoms with Gasteiger partial charge < -0.3 is 5.32 Å². The molecule has 0 atom stereocenters. The molecule has 1 N–H and O–H groups in total. The molecule has 1 aliphatic rings. The van der Waals surface area contributed by atoms with Crippen LogP contribution >= 0.6 is 0 Å². The summed E-state index contributed by atoms with van der Waals surface area (Å²) in [4.78, 5) is 4.16. The topological polar surface area (TPSA) is 42.2 Å². The van der Waals surface area contributed by atoms with E-state index in [-0.39, 0.29) is 0 Å². The van der Waals surface area contributed by atoms with Crippen LogP contribution in [0.3, 0.4) is 0 Å². The molecule has 1 aliphatic heterocycles. The summed E-state index contributed by atoms with van der Waals surface area (Å²) in [6, 6.07) is 0.505. The lowest BCUT2D eigenvalue weighted by molar-refractivity contribution is 0.343. The molecule has 2 rings (SSSR count). The molecule has 1 aromatic rings. The van der Waals surface area contributed by atoms with Crippen molar-refractivity contribution in [1.29, 1.82) is 0 Å². The first kappa shape index (κ1) is 16.4. The van der Waals surface area contributed by atoms with Gasteiger partial charge in [0.15, 0.2) is 0 Å². The molecule has 1 fully saturated rings. The van der Waals surface area contributed by atoms with E-state index in [4.69, 9.17) is 0 Å². The Balaban J connectivity index is 0.000000956. The minimum atomic E-state index is 0.505. The smallest absolute Gasteiger partial charge is 0.0568 e. The van der Waals surface area contributed by atoms with Gasteiger partial charge in [-0.25, -0.2) is 0 Å². The van der Waals surface area contributed by atoms with E-state index < -0.39 is 0 Å². The Labute approximate surface area is 122 Å². The maximum atomic E-state index is 4.43. The molecule has 0 unspecified atom stereocenters. The van der Waals surface area contributed by atoms with Crippen molar-refractivity contribution < 1.29 is 0 Å². The molecule has 0 aromatic carbocycles. The van der Waals surface area contributed by atoms with Crippen LogP contribution in [0.1, 0.15) is 45.2 Å². The van der Waals surface area contributed by atoms with Crippen LogP contribution in [-0.2, 0) is 0 Å². The van der Waals surface area contributed by atoms with Gasteiger partial charge in [-0.3, -0.25) is 9.67 Å². The lowest BCUT2D eigenvalue weighted by Gasteiger charge is -2.22. The quantitative estimate of drug-likeness (QED) is 0.854. The molecule has 0 amide bonds. The highest BCUT2D eigenvalue weighted by Crippen LogP contribution is 2.19. The Bertz CT molecular complexity index is 465. The third-order valence-electron chi connectivity index (χ3n) is 3.10. The van der Waals surface area contributed by atoms with Gasteiger partial charge >= 0.3 is 0 Å². The maximum Gasteiger partial charge on any atom is 0.0568 e. The van der Waals surface area contributed by atoms with Gasteiger partial charge in [0, 0.05) is 23.7 Å². The van der Waals surface area contributed by atoms with Crippen molar-refractivity contribution in [2.45, 2.75) is 39.7 Å². The molecule has 2 heterocycles. The summed E-state index contributed by atoms with van der Waals surface area (Å²) in [7, 11) is 0. The molecule has 0 saturated carbocycles. The Morgan fingerprint density at radius 3 is 2.65 bits per heavy atom. The Hall–Kier alpha value is -1.68. The second kappa shape index (κ2) is 8.48. The molecule has 0 spiro atoms. The monoisotopic (exact) mass is 274 g/mol. The second-order valence-electron chi connectivity index (χ2n) is 4.71. The Kier molecular flexibility index (Phi) is 6.94. The van der Waals surface area contributed by atoms with E-state index in [1.807, 2.05) is 27.0 Å². The highest BCUT2D eigenvalue weighted by atomic mass is 15.3. The number of piperidine rings is 1. The van der Waals surface area contributed by atoms with Crippen LogP contribution in [0.25, 0.3) is 5.57 Å². The predicted molar refractivity (Wildman–Crippen MR) is 87.1 cm³/mol. The van der Waals surface area contributed by atoms with Crippen molar-refractivity contribution in [3.8, 4) is 0 Å². The number of nitrogens with zero attached hydrogens (tertiary/aromatic N) is 3. The first-order valence-electron chi connectivity index (χ1n) is 7.30. The predicted octanol–water partition coefficient (Wildman–Crippen LogP) is 3.45. The molecule has 1 saturated heterocycles. The Morgan fingerprint density at radius 2 is 2.05 bits per heavy atom. The number of hydrogen-bond donors (Lipinski definition) is 1. The maximum absolute atomic E-state index is 4.43. The van der Waals surface area contributed by atoms with Gasteiger partial charge in [-0.2, -0.15) is 5.10 Å². The molecule has 0 bridgehead atoms. The molecule has 1 aromatic heterocycles. The van der Waals surface area contributed by atoms with Gasteiger partial charge in [-0.05, 0) is 38.4 Å². The fourth-order valence-corrected chi connectivity index (χ4v) is 2.04. The fraction of sp³-hybridized carbons (Fsp3) is 0.500. The summed E-state index contributed by atoms with van der Waals surface area (Å²) in [6.45, 7) is 15.7. The summed E-state index contributed by atoms with van der Waals surface area (Å²) >= 11 is 0. The van der Waals surface area contributed by atoms with Gasteiger partial charge in [0.05, 0.1) is 12.2 Å². The van der Waals surface area contributed by atoms with Crippen LogP contribution < -0.4 is 5.32 Å². The summed E-state index contributed by atoms with van der Waals surface area (Å²) in [6.07, 6.45) is 7.92. The summed E-state index contributed by atoms with van der Waals surface area (Å²) in [5.74, 6) is 0. The number of allylic oxidation sites excluding steroid dienone is 2. The summed E-state index contributed by atoms with van der Waals surface area (Å²) < 4.78 is 2.05. The Morgan fingerprint density at radius 1 is 1.40 bits per heavy atom. The normalized spacial score (nSPS) is 15.8. The standard InChI is InChI=1S/C14H20N4.C2H6/c1-11(2)16-8-12(3)13-9-17-18(10-13)14-4-6-15-7-5-14;1-2/h8-10,14-15H,1,3-7H2,2H3;1-2H3. The second-order valence-corrected chi connectivity index (χ2v) is 4.71. The van der Waals surface area contributed by atoms with Crippen molar-refractivity contribution in [3.63, 3.8) is 0 Å². The van der Waals surface area contributed by atoms with E-state index >= 15 is 0 Å². The van der Waals surface area contributed by atoms with Crippen molar-refractivity contribution in [1.82, 2.24) is 15.1 Å². The zero-order chi connectivity index (χ0) is 15.0. The average Bonchev–Trinajstić information content (AvgIpc) is 2.97. The van der Waals surface area contributed by atoms with Crippen LogP contribution in [0.2, 0.25) is 0 Å². The fourth-order valence-electron chi connectivity index (χ4n) is 2.04. The third kappa shape index (κ3) is 4.78. The number of nitrogens with one attached hydrogen (secondary N) is 1. The van der Waals surface area contributed by atoms with Crippen molar-refractivity contribution in [2.75, 3.05) is 13.1 Å². The van der Waals surface area contributed by atoms with Gasteiger partial charge in [-0.1, -0.05) is 27.0 Å². The van der Waals surface area contributed by atoms with Gasteiger partial charge in [0.25, 0.3) is 0 Å². The zero-order valence-electron chi connectivity index (χ0n) is 12.9. The molecule has 0 radical (unpaired) electrons. The lowest BCUT2D eigenvalue weighted by Crippen LogP contribution is -2.29. The molecule has 4 heteroatoms. The lowest BCUT2D eigenvalue weighted by atomic mass is 10.1. The van der Waals surface area contributed by atoms with Crippen molar-refractivity contribution in [3.05, 3.63) is 36.8 Å². The van der Waals surface area contributed by atoms with Crippen molar-refractivity contribution >= 4 is 11.8 Å². The largest absolute Gasteiger partial charge is 0.317 e. The number of hydrogen-bond acceptors (Lipinski definition) is 3. The van der Waals surface area contributed by atoms with Crippen LogP contribution in [0.5, 0.6) is 0 Å². The number of aromatic nitrogens is 2. The van der Waals surface area contributed by atoms with E-state index in [0.29, 0.717) is 6.04 Å². The average molecular weight is 274 g/mol. The molecule has 110 valence electrons. The van der Waals surface area contributed by atoms with Gasteiger partial charge in [0.2, 0.25) is 0 Å². The first-order valence-corrected chi connectivity index (χ1v) is 7.30. The highest BCUT2D eigenvalue weighted by molar-refractivity contribution is 6.08. The summed E-state index contributed by atoms with van der Waals surface area (Å²) in [5.41, 5.74) is 2.68. The van der Waals surface area contributed by atoms with E-state index in [1.165, 1.54) is 0 Å². The highest BCUT2D eigenvalue weighted by Gasteiger charge is 2.15. The van der Waals surface area contributed by atoms with E-state index in [0.717, 1.165) is 42.8 Å². The van der Waals surface area contributed by atoms with Crippen LogP contribution in [0, 0.1) is 0 Å². The molecule has 20 heavy (non-hydrogen) atoms. The van der Waals surface area contributed by atoms with E-state index in [9.17, 15) is 0 Å². The minimum absolute atomic E-state index is 0.505. The van der Waals surface area contributed by atoms with Crippen LogP contribution in [0.4, 0.5) is 0 Å². The first-order chi connectivity index (χ1) is 9.66. The molecule has 0 aliphatic carbocycles. The minimum Gasteiger partial charge on any atom is -0.317 e. The van der Waals surface area contributed by atoms with Gasteiger partial charge in [-0.15, -0.1) is 0 Å². The SMILES string of the molecule is C=C(C)N=CC(=C)c1cnn(C2CCNCC2)c1.CC. The molecule has 4 nitrogen and oxygen atoms in total.